The van der Waals surface area contributed by atoms with E-state index in [1.165, 1.54) is 11.3 Å². The minimum Gasteiger partial charge on any atom is -0.319 e. The smallest absolute Gasteiger partial charge is 0.275 e. The first kappa shape index (κ1) is 13.9. The third kappa shape index (κ3) is 2.67. The number of anilines is 1. The number of amides is 1. The molecule has 4 aromatic rings. The fourth-order valence-electron chi connectivity index (χ4n) is 2.00. The van der Waals surface area contributed by atoms with E-state index in [1.54, 1.807) is 30.0 Å². The van der Waals surface area contributed by atoms with Crippen molar-refractivity contribution in [2.24, 2.45) is 0 Å². The van der Waals surface area contributed by atoms with E-state index in [2.05, 4.69) is 29.0 Å². The van der Waals surface area contributed by atoms with Gasteiger partial charge in [0.05, 0.1) is 23.6 Å². The highest BCUT2D eigenvalue weighted by Crippen LogP contribution is 2.24. The Balaban J connectivity index is 1.60. The maximum Gasteiger partial charge on any atom is 0.275 e. The molecule has 1 N–H and O–H groups in total. The molecule has 112 valence electrons. The number of nitrogens with one attached hydrogen (secondary N) is 1. The first-order chi connectivity index (χ1) is 11.3. The van der Waals surface area contributed by atoms with E-state index in [4.69, 9.17) is 0 Å². The molecular formula is C14H8N6OS2. The maximum absolute atomic E-state index is 12.4. The summed E-state index contributed by atoms with van der Waals surface area (Å²) in [5.41, 5.74) is 3.02. The van der Waals surface area contributed by atoms with Gasteiger partial charge in [0.1, 0.15) is 27.4 Å². The number of aromatic nitrogens is 5. The molecule has 3 aromatic heterocycles. The van der Waals surface area contributed by atoms with E-state index in [-0.39, 0.29) is 5.91 Å². The minimum atomic E-state index is -0.295. The number of benzene rings is 1. The van der Waals surface area contributed by atoms with Crippen molar-refractivity contribution in [1.82, 2.24) is 23.7 Å². The highest BCUT2D eigenvalue weighted by atomic mass is 32.1. The molecule has 3 heterocycles. The topological polar surface area (TPSA) is 93.6 Å². The molecule has 0 unspecified atom stereocenters. The molecule has 0 radical (unpaired) electrons. The summed E-state index contributed by atoms with van der Waals surface area (Å²) >= 11 is 2.46. The SMILES string of the molecule is O=C(Nc1cccc2nsnc12)c1csc(-c2cnccn2)n1. The Morgan fingerprint density at radius 2 is 2.13 bits per heavy atom. The largest absolute Gasteiger partial charge is 0.319 e. The third-order valence-electron chi connectivity index (χ3n) is 3.05. The zero-order valence-corrected chi connectivity index (χ0v) is 13.1. The number of nitrogens with zero attached hydrogens (tertiary/aromatic N) is 5. The fourth-order valence-corrected chi connectivity index (χ4v) is 3.31. The summed E-state index contributed by atoms with van der Waals surface area (Å²) in [4.78, 5) is 24.9. The van der Waals surface area contributed by atoms with Crippen LogP contribution in [0.15, 0.2) is 42.2 Å². The zero-order valence-electron chi connectivity index (χ0n) is 11.5. The number of fused-ring (bicyclic) bond motifs is 1. The minimum absolute atomic E-state index is 0.295. The number of rotatable bonds is 3. The van der Waals surface area contributed by atoms with E-state index in [0.717, 1.165) is 17.2 Å². The number of carbonyl (C=O) groups excluding carboxylic acids is 1. The summed E-state index contributed by atoms with van der Waals surface area (Å²) < 4.78 is 8.35. The van der Waals surface area contributed by atoms with Gasteiger partial charge in [0, 0.05) is 17.8 Å². The van der Waals surface area contributed by atoms with E-state index >= 15 is 0 Å². The predicted molar refractivity (Wildman–Crippen MR) is 88.5 cm³/mol. The highest BCUT2D eigenvalue weighted by molar-refractivity contribution is 7.13. The van der Waals surface area contributed by atoms with Gasteiger partial charge >= 0.3 is 0 Å². The molecular weight excluding hydrogens is 332 g/mol. The molecule has 0 bridgehead atoms. The molecule has 0 fully saturated rings. The van der Waals surface area contributed by atoms with Crippen LogP contribution in [0.2, 0.25) is 0 Å². The Hall–Kier alpha value is -2.78. The predicted octanol–water partition coefficient (Wildman–Crippen LogP) is 2.86. The fraction of sp³-hybridized carbons (Fsp3) is 0. The van der Waals surface area contributed by atoms with Crippen LogP contribution in [-0.4, -0.2) is 29.6 Å². The van der Waals surface area contributed by atoms with Crippen molar-refractivity contribution in [3.05, 3.63) is 47.9 Å². The molecule has 0 aliphatic rings. The van der Waals surface area contributed by atoms with Crippen molar-refractivity contribution in [2.45, 2.75) is 0 Å². The standard InChI is InChI=1S/C14H8N6OS2/c21-13(17-8-2-1-3-9-12(8)20-23-19-9)11-7-22-14(18-11)10-6-15-4-5-16-10/h1-7H,(H,17,21). The zero-order chi connectivity index (χ0) is 15.6. The Bertz CT molecular complexity index is 981. The molecule has 1 aromatic carbocycles. The van der Waals surface area contributed by atoms with Crippen molar-refractivity contribution in [1.29, 1.82) is 0 Å². The van der Waals surface area contributed by atoms with Crippen LogP contribution in [0.3, 0.4) is 0 Å². The molecule has 0 saturated carbocycles. The van der Waals surface area contributed by atoms with Crippen LogP contribution in [0.5, 0.6) is 0 Å². The average molecular weight is 340 g/mol. The second-order valence-corrected chi connectivity index (χ2v) is 5.91. The van der Waals surface area contributed by atoms with Gasteiger partial charge in [-0.25, -0.2) is 4.98 Å². The van der Waals surface area contributed by atoms with Crippen LogP contribution in [0, 0.1) is 0 Å². The Morgan fingerprint density at radius 1 is 1.17 bits per heavy atom. The van der Waals surface area contributed by atoms with Crippen LogP contribution < -0.4 is 5.32 Å². The van der Waals surface area contributed by atoms with Gasteiger partial charge in [-0.1, -0.05) is 6.07 Å². The lowest BCUT2D eigenvalue weighted by atomic mass is 10.2. The van der Waals surface area contributed by atoms with Gasteiger partial charge < -0.3 is 5.32 Å². The number of carbonyl (C=O) groups is 1. The van der Waals surface area contributed by atoms with Crippen molar-refractivity contribution >= 4 is 45.7 Å². The third-order valence-corrected chi connectivity index (χ3v) is 4.46. The molecule has 4 rings (SSSR count). The van der Waals surface area contributed by atoms with Gasteiger partial charge in [-0.2, -0.15) is 8.75 Å². The summed E-state index contributed by atoms with van der Waals surface area (Å²) in [5, 5.41) is 5.17. The lowest BCUT2D eigenvalue weighted by Crippen LogP contribution is -2.12. The summed E-state index contributed by atoms with van der Waals surface area (Å²) in [7, 11) is 0. The number of hydrogen-bond acceptors (Lipinski definition) is 8. The number of thiazole rings is 1. The van der Waals surface area contributed by atoms with Crippen molar-refractivity contribution in [3.63, 3.8) is 0 Å². The molecule has 0 spiro atoms. The second kappa shape index (κ2) is 5.78. The molecule has 0 aliphatic carbocycles. The average Bonchev–Trinajstić information content (AvgIpc) is 3.25. The van der Waals surface area contributed by atoms with E-state index in [9.17, 15) is 4.79 Å². The first-order valence-corrected chi connectivity index (χ1v) is 8.17. The Labute approximate surface area is 138 Å². The Kier molecular flexibility index (Phi) is 3.48. The molecule has 1 amide bonds. The van der Waals surface area contributed by atoms with Crippen molar-refractivity contribution < 1.29 is 4.79 Å². The normalized spacial score (nSPS) is 10.8. The van der Waals surface area contributed by atoms with Gasteiger partial charge in [-0.3, -0.25) is 14.8 Å². The summed E-state index contributed by atoms with van der Waals surface area (Å²) in [5.74, 6) is -0.295. The van der Waals surface area contributed by atoms with E-state index in [0.29, 0.717) is 27.6 Å². The van der Waals surface area contributed by atoms with Crippen LogP contribution >= 0.6 is 23.1 Å². The molecule has 0 atom stereocenters. The van der Waals surface area contributed by atoms with Crippen molar-refractivity contribution in [2.75, 3.05) is 5.32 Å². The molecule has 23 heavy (non-hydrogen) atoms. The van der Waals surface area contributed by atoms with Gasteiger partial charge in [0.15, 0.2) is 0 Å². The van der Waals surface area contributed by atoms with Gasteiger partial charge in [0.2, 0.25) is 0 Å². The van der Waals surface area contributed by atoms with Gasteiger partial charge in [-0.15, -0.1) is 11.3 Å². The lowest BCUT2D eigenvalue weighted by Gasteiger charge is -2.03. The molecule has 0 saturated heterocycles. The summed E-state index contributed by atoms with van der Waals surface area (Å²) in [6.45, 7) is 0. The summed E-state index contributed by atoms with van der Waals surface area (Å²) in [6.07, 6.45) is 4.79. The van der Waals surface area contributed by atoms with E-state index in [1.807, 2.05) is 12.1 Å². The van der Waals surface area contributed by atoms with Crippen LogP contribution in [0.4, 0.5) is 5.69 Å². The second-order valence-electron chi connectivity index (χ2n) is 4.52. The molecule has 0 aliphatic heterocycles. The van der Waals surface area contributed by atoms with E-state index < -0.39 is 0 Å². The first-order valence-electron chi connectivity index (χ1n) is 6.56. The monoisotopic (exact) mass is 340 g/mol. The van der Waals surface area contributed by atoms with Crippen molar-refractivity contribution in [3.8, 4) is 10.7 Å². The van der Waals surface area contributed by atoms with Crippen LogP contribution in [0.1, 0.15) is 10.5 Å². The Morgan fingerprint density at radius 3 is 3.00 bits per heavy atom. The molecule has 7 nitrogen and oxygen atoms in total. The maximum atomic E-state index is 12.4. The van der Waals surface area contributed by atoms with Gasteiger partial charge in [-0.05, 0) is 12.1 Å². The highest BCUT2D eigenvalue weighted by Gasteiger charge is 2.14. The van der Waals surface area contributed by atoms with Gasteiger partial charge in [0.25, 0.3) is 5.91 Å². The lowest BCUT2D eigenvalue weighted by molar-refractivity contribution is 0.102. The quantitative estimate of drug-likeness (QED) is 0.616. The number of hydrogen-bond donors (Lipinski definition) is 1. The van der Waals surface area contributed by atoms with Crippen LogP contribution in [0.25, 0.3) is 21.7 Å². The van der Waals surface area contributed by atoms with Crippen LogP contribution in [-0.2, 0) is 0 Å². The summed E-state index contributed by atoms with van der Waals surface area (Å²) in [6, 6.07) is 5.46. The molecule has 9 heteroatoms.